The number of rotatable bonds is 6. The molecule has 1 saturated carbocycles. The van der Waals surface area contributed by atoms with Crippen LogP contribution in [0.1, 0.15) is 60.5 Å². The molecule has 1 N–H and O–H groups in total. The van der Waals surface area contributed by atoms with Gasteiger partial charge < -0.3 is 20.2 Å². The molecule has 8 nitrogen and oxygen atoms in total. The number of thiazole rings is 1. The molecule has 0 spiro atoms. The molecule has 0 unspecified atom stereocenters. The van der Waals surface area contributed by atoms with Crippen molar-refractivity contribution in [3.05, 3.63) is 64.4 Å². The van der Waals surface area contributed by atoms with Gasteiger partial charge in [0.25, 0.3) is 5.69 Å². The van der Waals surface area contributed by atoms with Gasteiger partial charge in [0.1, 0.15) is 5.75 Å². The predicted molar refractivity (Wildman–Crippen MR) is 138 cm³/mol. The van der Waals surface area contributed by atoms with Gasteiger partial charge in [-0.1, -0.05) is 25.3 Å². The van der Waals surface area contributed by atoms with E-state index in [-0.39, 0.29) is 30.0 Å². The van der Waals surface area contributed by atoms with Crippen LogP contribution >= 0.6 is 11.3 Å². The van der Waals surface area contributed by atoms with E-state index in [1.807, 2.05) is 11.4 Å². The lowest BCUT2D eigenvalue weighted by atomic mass is 9.83. The van der Waals surface area contributed by atoms with E-state index in [0.717, 1.165) is 17.0 Å². The van der Waals surface area contributed by atoms with Gasteiger partial charge in [-0.25, -0.2) is 4.98 Å². The van der Waals surface area contributed by atoms with E-state index in [2.05, 4.69) is 22.4 Å². The summed E-state index contributed by atoms with van der Waals surface area (Å²) in [5.41, 5.74) is 3.09. The summed E-state index contributed by atoms with van der Waals surface area (Å²) < 4.78 is 6.17. The van der Waals surface area contributed by atoms with E-state index < -0.39 is 0 Å². The van der Waals surface area contributed by atoms with Crippen molar-refractivity contribution in [3.8, 4) is 17.0 Å². The lowest BCUT2D eigenvalue weighted by Crippen LogP contribution is -2.41. The molecule has 2 fully saturated rings. The van der Waals surface area contributed by atoms with Crippen molar-refractivity contribution in [3.63, 3.8) is 0 Å². The largest absolute Gasteiger partial charge is 0.618 e. The zero-order valence-electron chi connectivity index (χ0n) is 20.3. The summed E-state index contributed by atoms with van der Waals surface area (Å²) in [6, 6.07) is 11.1. The highest BCUT2D eigenvalue weighted by molar-refractivity contribution is 7.14. The van der Waals surface area contributed by atoms with Crippen LogP contribution in [0.15, 0.2) is 48.0 Å². The van der Waals surface area contributed by atoms with Crippen LogP contribution in [0, 0.1) is 11.1 Å². The summed E-state index contributed by atoms with van der Waals surface area (Å²) in [4.78, 5) is 31.9. The van der Waals surface area contributed by atoms with Crippen LogP contribution in [-0.4, -0.2) is 41.9 Å². The summed E-state index contributed by atoms with van der Waals surface area (Å²) in [6.07, 6.45) is 8.11. The maximum atomic E-state index is 12.9. The Morgan fingerprint density at radius 3 is 2.78 bits per heavy atom. The molecule has 1 saturated heterocycles. The molecule has 1 aliphatic heterocycles. The van der Waals surface area contributed by atoms with Gasteiger partial charge in [0.05, 0.1) is 18.7 Å². The normalized spacial score (nSPS) is 18.2. The van der Waals surface area contributed by atoms with Crippen LogP contribution in [-0.2, 0) is 4.79 Å². The van der Waals surface area contributed by atoms with Gasteiger partial charge in [-0.2, -0.15) is 4.73 Å². The number of pyridine rings is 1. The molecular weight excluding hydrogens is 476 g/mol. The predicted octanol–water partition coefficient (Wildman–Crippen LogP) is 4.60. The SMILES string of the molecule is COc1ccc(C2CCCCC2)cc1-c1csc(NC(=O)[C@@H]2CCN(C(=O)c3cccc[n+]3[O-])C2)n1. The van der Waals surface area contributed by atoms with Gasteiger partial charge in [-0.15, -0.1) is 11.3 Å². The molecular formula is C27H30N4O4S. The zero-order chi connectivity index (χ0) is 25.1. The third-order valence-corrected chi connectivity index (χ3v) is 7.96. The first kappa shape index (κ1) is 24.2. The Bertz CT molecular complexity index is 1250. The van der Waals surface area contributed by atoms with E-state index in [1.165, 1.54) is 61.3 Å². The first-order valence-corrected chi connectivity index (χ1v) is 13.3. The molecule has 0 radical (unpaired) electrons. The number of carbonyl (C=O) groups is 2. The van der Waals surface area contributed by atoms with Crippen molar-refractivity contribution >= 4 is 28.3 Å². The number of nitrogens with one attached hydrogen (secondary N) is 1. The number of anilines is 1. The minimum Gasteiger partial charge on any atom is -0.618 e. The van der Waals surface area contributed by atoms with Gasteiger partial charge in [-0.3, -0.25) is 9.59 Å². The second-order valence-electron chi connectivity index (χ2n) is 9.47. The fourth-order valence-electron chi connectivity index (χ4n) is 5.19. The number of amides is 2. The average molecular weight is 507 g/mol. The van der Waals surface area contributed by atoms with E-state index in [4.69, 9.17) is 4.74 Å². The van der Waals surface area contributed by atoms with E-state index in [0.29, 0.717) is 28.7 Å². The van der Waals surface area contributed by atoms with Gasteiger partial charge in [0.2, 0.25) is 5.91 Å². The molecule has 2 aromatic heterocycles. The summed E-state index contributed by atoms with van der Waals surface area (Å²) in [6.45, 7) is 0.704. The van der Waals surface area contributed by atoms with Crippen LogP contribution in [0.5, 0.6) is 5.75 Å². The van der Waals surface area contributed by atoms with Crippen molar-refractivity contribution in [2.45, 2.75) is 44.4 Å². The third-order valence-electron chi connectivity index (χ3n) is 7.20. The molecule has 2 aliphatic rings. The Morgan fingerprint density at radius 2 is 2.00 bits per heavy atom. The highest BCUT2D eigenvalue weighted by atomic mass is 32.1. The van der Waals surface area contributed by atoms with E-state index in [9.17, 15) is 14.8 Å². The number of methoxy groups -OCH3 is 1. The fourth-order valence-corrected chi connectivity index (χ4v) is 5.91. The number of hydrogen-bond donors (Lipinski definition) is 1. The number of benzene rings is 1. The summed E-state index contributed by atoms with van der Waals surface area (Å²) in [5, 5.41) is 17.3. The van der Waals surface area contributed by atoms with Crippen LogP contribution < -0.4 is 14.8 Å². The van der Waals surface area contributed by atoms with Crippen molar-refractivity contribution < 1.29 is 19.1 Å². The number of nitrogens with zero attached hydrogens (tertiary/aromatic N) is 3. The maximum Gasteiger partial charge on any atom is 0.319 e. The van der Waals surface area contributed by atoms with Gasteiger partial charge >= 0.3 is 5.91 Å². The molecule has 1 atom stereocenters. The Hall–Kier alpha value is -3.46. The molecule has 36 heavy (non-hydrogen) atoms. The second kappa shape index (κ2) is 10.7. The van der Waals surface area contributed by atoms with Crippen LogP contribution in [0.2, 0.25) is 0 Å². The van der Waals surface area contributed by atoms with Gasteiger partial charge in [0.15, 0.2) is 11.3 Å². The molecule has 3 heterocycles. The lowest BCUT2D eigenvalue weighted by Gasteiger charge is -2.22. The monoisotopic (exact) mass is 506 g/mol. The van der Waals surface area contributed by atoms with E-state index in [1.54, 1.807) is 24.1 Å². The molecule has 2 amide bonds. The fraction of sp³-hybridized carbons (Fsp3) is 0.407. The summed E-state index contributed by atoms with van der Waals surface area (Å²) in [5.74, 6) is 0.453. The van der Waals surface area contributed by atoms with Gasteiger partial charge in [-0.05, 0) is 48.9 Å². The number of carbonyl (C=O) groups excluding carboxylic acids is 2. The summed E-state index contributed by atoms with van der Waals surface area (Å²) in [7, 11) is 1.66. The lowest BCUT2D eigenvalue weighted by molar-refractivity contribution is -0.608. The standard InChI is InChI=1S/C27H30N4O4S/c1-35-24-11-10-19(18-7-3-2-4-8-18)15-21(24)22-17-36-27(28-22)29-25(32)20-12-14-30(16-20)26(33)23-9-5-6-13-31(23)34/h5-6,9-11,13,15,17-18,20H,2-4,7-8,12,14,16H2,1H3,(H,28,29,32)/t20-/m1/s1. The first-order chi connectivity index (χ1) is 17.5. The van der Waals surface area contributed by atoms with Crippen molar-refractivity contribution in [1.82, 2.24) is 9.88 Å². The minimum atomic E-state index is -0.359. The third kappa shape index (κ3) is 5.06. The van der Waals surface area contributed by atoms with E-state index >= 15 is 0 Å². The maximum absolute atomic E-state index is 12.9. The molecule has 9 heteroatoms. The topological polar surface area (TPSA) is 98.5 Å². The highest BCUT2D eigenvalue weighted by Gasteiger charge is 2.34. The van der Waals surface area contributed by atoms with Crippen molar-refractivity contribution in [2.24, 2.45) is 5.92 Å². The smallest absolute Gasteiger partial charge is 0.319 e. The number of likely N-dealkylation sites (tertiary alicyclic amines) is 1. The Labute approximate surface area is 214 Å². The highest BCUT2D eigenvalue weighted by Crippen LogP contribution is 2.38. The average Bonchev–Trinajstić information content (AvgIpc) is 3.59. The molecule has 5 rings (SSSR count). The number of hydrogen-bond acceptors (Lipinski definition) is 6. The Morgan fingerprint density at radius 1 is 1.17 bits per heavy atom. The quantitative estimate of drug-likeness (QED) is 0.389. The first-order valence-electron chi connectivity index (χ1n) is 12.5. The molecule has 188 valence electrons. The zero-order valence-corrected chi connectivity index (χ0v) is 21.1. The van der Waals surface area contributed by atoms with Crippen LogP contribution in [0.3, 0.4) is 0 Å². The summed E-state index contributed by atoms with van der Waals surface area (Å²) >= 11 is 1.37. The number of aromatic nitrogens is 2. The van der Waals surface area contributed by atoms with Crippen LogP contribution in [0.25, 0.3) is 11.3 Å². The minimum absolute atomic E-state index is 0.0625. The second-order valence-corrected chi connectivity index (χ2v) is 10.3. The van der Waals surface area contributed by atoms with Crippen molar-refractivity contribution in [2.75, 3.05) is 25.5 Å². The molecule has 1 aliphatic carbocycles. The molecule has 3 aromatic rings. The van der Waals surface area contributed by atoms with Crippen molar-refractivity contribution in [1.29, 1.82) is 0 Å². The van der Waals surface area contributed by atoms with Crippen LogP contribution in [0.4, 0.5) is 5.13 Å². The van der Waals surface area contributed by atoms with Gasteiger partial charge in [0, 0.05) is 36.2 Å². The Kier molecular flexibility index (Phi) is 7.18. The molecule has 0 bridgehead atoms. The Balaban J connectivity index is 1.26. The molecule has 1 aromatic carbocycles. The number of ether oxygens (including phenoxy) is 1.